The Kier molecular flexibility index (Phi) is 6.65. The molecular formula is C49H31N3O. The molecule has 8 aromatic carbocycles. The highest BCUT2D eigenvalue weighted by atomic mass is 16.3. The molecule has 0 aliphatic heterocycles. The number of benzene rings is 8. The first-order valence-electron chi connectivity index (χ1n) is 18.2. The Morgan fingerprint density at radius 3 is 1.89 bits per heavy atom. The molecule has 53 heavy (non-hydrogen) atoms. The van der Waals surface area contributed by atoms with Gasteiger partial charge in [-0.05, 0) is 104 Å². The van der Waals surface area contributed by atoms with Crippen LogP contribution >= 0.6 is 0 Å². The van der Waals surface area contributed by atoms with Gasteiger partial charge >= 0.3 is 0 Å². The maximum Gasteiger partial charge on any atom is 0.164 e. The van der Waals surface area contributed by atoms with Crippen LogP contribution in [0.3, 0.4) is 0 Å². The Morgan fingerprint density at radius 2 is 1.06 bits per heavy atom. The monoisotopic (exact) mass is 677 g/mol. The number of hydrogen-bond donors (Lipinski definition) is 0. The van der Waals surface area contributed by atoms with E-state index in [1.165, 1.54) is 21.9 Å². The lowest BCUT2D eigenvalue weighted by Gasteiger charge is -2.17. The maximum absolute atomic E-state index is 6.23. The average Bonchev–Trinajstić information content (AvgIpc) is 3.62. The van der Waals surface area contributed by atoms with Gasteiger partial charge in [0.05, 0.1) is 0 Å². The number of aromatic nitrogens is 3. The van der Waals surface area contributed by atoms with Crippen molar-refractivity contribution < 1.29 is 4.42 Å². The number of aryl methyl sites for hydroxylation is 1. The van der Waals surface area contributed by atoms with Crippen LogP contribution < -0.4 is 0 Å². The third kappa shape index (κ3) is 4.95. The van der Waals surface area contributed by atoms with Gasteiger partial charge in [0.2, 0.25) is 0 Å². The van der Waals surface area contributed by atoms with Crippen LogP contribution in [0.15, 0.2) is 162 Å². The van der Waals surface area contributed by atoms with Gasteiger partial charge in [0, 0.05) is 27.5 Å². The van der Waals surface area contributed by atoms with Crippen LogP contribution in [0.5, 0.6) is 0 Å². The third-order valence-electron chi connectivity index (χ3n) is 10.7. The van der Waals surface area contributed by atoms with E-state index in [1.807, 2.05) is 18.2 Å². The number of hydrogen-bond acceptors (Lipinski definition) is 4. The van der Waals surface area contributed by atoms with Crippen LogP contribution in [-0.2, 0) is 6.42 Å². The molecule has 0 bridgehead atoms. The molecule has 2 heterocycles. The van der Waals surface area contributed by atoms with Gasteiger partial charge in [-0.15, -0.1) is 0 Å². The largest absolute Gasteiger partial charge is 0.456 e. The molecule has 0 unspecified atom stereocenters. The van der Waals surface area contributed by atoms with Crippen LogP contribution in [-0.4, -0.2) is 15.0 Å². The molecule has 0 spiro atoms. The first-order valence-corrected chi connectivity index (χ1v) is 18.2. The fourth-order valence-electron chi connectivity index (χ4n) is 8.16. The van der Waals surface area contributed by atoms with Gasteiger partial charge in [-0.25, -0.2) is 15.0 Å². The number of nitrogens with zero attached hydrogens (tertiary/aromatic N) is 3. The van der Waals surface area contributed by atoms with Gasteiger partial charge < -0.3 is 4.42 Å². The highest BCUT2D eigenvalue weighted by Crippen LogP contribution is 2.39. The Morgan fingerprint density at radius 1 is 0.434 bits per heavy atom. The summed E-state index contributed by atoms with van der Waals surface area (Å²) in [6.45, 7) is 0. The summed E-state index contributed by atoms with van der Waals surface area (Å²) in [5, 5.41) is 9.27. The summed E-state index contributed by atoms with van der Waals surface area (Å²) in [5.74, 6) is 1.97. The van der Waals surface area contributed by atoms with E-state index in [1.54, 1.807) is 0 Å². The number of furan rings is 1. The summed E-state index contributed by atoms with van der Waals surface area (Å²) < 4.78 is 6.23. The standard InChI is InChI=1S/C49H31N3O/c1-2-11-32-26-35(24-21-30(32)10-1)47-50-48(52-49(51-47)43-29-33-12-3-4-13-38(33)40-14-5-6-15-41(40)43)36-25-22-31-20-23-34(27-37(31)28-36)39-17-9-19-45-46(39)42-16-7-8-18-44(42)53-45/h1-3,5-12,14-29H,4,13H2. The van der Waals surface area contributed by atoms with Crippen molar-refractivity contribution in [3.05, 3.63) is 169 Å². The highest BCUT2D eigenvalue weighted by molar-refractivity contribution is 6.13. The lowest BCUT2D eigenvalue weighted by Crippen LogP contribution is -2.03. The van der Waals surface area contributed by atoms with E-state index in [9.17, 15) is 0 Å². The zero-order chi connectivity index (χ0) is 34.9. The van der Waals surface area contributed by atoms with Crippen molar-refractivity contribution in [1.29, 1.82) is 0 Å². The van der Waals surface area contributed by atoms with E-state index < -0.39 is 0 Å². The van der Waals surface area contributed by atoms with E-state index in [0.717, 1.165) is 84.1 Å². The second-order valence-corrected chi connectivity index (χ2v) is 13.9. The quantitative estimate of drug-likeness (QED) is 0.186. The predicted molar refractivity (Wildman–Crippen MR) is 219 cm³/mol. The van der Waals surface area contributed by atoms with Gasteiger partial charge in [0.15, 0.2) is 17.5 Å². The second kappa shape index (κ2) is 11.8. The molecular weight excluding hydrogens is 647 g/mol. The van der Waals surface area contributed by atoms with Crippen LogP contribution in [0.2, 0.25) is 0 Å². The SMILES string of the molecule is C1=Cc2cc(-c3nc(-c4ccc5ccccc5c4)nc(-c4ccc5ccc(-c6cccc7oc8ccccc8c67)cc5c4)n3)c3ccccc3c2CC1. The Bertz CT molecular complexity index is 3130. The summed E-state index contributed by atoms with van der Waals surface area (Å²) in [6, 6.07) is 53.5. The lowest BCUT2D eigenvalue weighted by atomic mass is 9.89. The minimum absolute atomic E-state index is 0.644. The summed E-state index contributed by atoms with van der Waals surface area (Å²) in [4.78, 5) is 15.7. The van der Waals surface area contributed by atoms with Crippen molar-refractivity contribution in [3.8, 4) is 45.3 Å². The smallest absolute Gasteiger partial charge is 0.164 e. The number of fused-ring (bicyclic) bond motifs is 8. The van der Waals surface area contributed by atoms with E-state index in [0.29, 0.717) is 17.5 Å². The molecule has 10 aromatic rings. The molecule has 248 valence electrons. The van der Waals surface area contributed by atoms with E-state index >= 15 is 0 Å². The summed E-state index contributed by atoms with van der Waals surface area (Å²) in [5.41, 5.74) is 9.60. The fraction of sp³-hybridized carbons (Fsp3) is 0.0408. The second-order valence-electron chi connectivity index (χ2n) is 13.9. The van der Waals surface area contributed by atoms with Gasteiger partial charge in [0.1, 0.15) is 11.2 Å². The van der Waals surface area contributed by atoms with Crippen molar-refractivity contribution in [1.82, 2.24) is 15.0 Å². The van der Waals surface area contributed by atoms with Gasteiger partial charge in [-0.1, -0.05) is 127 Å². The van der Waals surface area contributed by atoms with Gasteiger partial charge in [-0.2, -0.15) is 0 Å². The topological polar surface area (TPSA) is 51.8 Å². The fourth-order valence-corrected chi connectivity index (χ4v) is 8.16. The van der Waals surface area contributed by atoms with Gasteiger partial charge in [0.25, 0.3) is 0 Å². The Balaban J connectivity index is 1.11. The summed E-state index contributed by atoms with van der Waals surface area (Å²) in [6.07, 6.45) is 6.59. The van der Waals surface area contributed by atoms with Crippen molar-refractivity contribution in [3.63, 3.8) is 0 Å². The minimum atomic E-state index is 0.644. The van der Waals surface area contributed by atoms with E-state index in [-0.39, 0.29) is 0 Å². The van der Waals surface area contributed by atoms with Crippen LogP contribution in [0.25, 0.3) is 106 Å². The van der Waals surface area contributed by atoms with Crippen molar-refractivity contribution >= 4 is 60.3 Å². The molecule has 0 saturated carbocycles. The summed E-state index contributed by atoms with van der Waals surface area (Å²) in [7, 11) is 0. The molecule has 0 amide bonds. The Labute approximate surface area is 305 Å². The van der Waals surface area contributed by atoms with Crippen LogP contribution in [0.4, 0.5) is 0 Å². The number of rotatable bonds is 4. The first kappa shape index (κ1) is 29.8. The first-order chi connectivity index (χ1) is 26.2. The molecule has 4 heteroatoms. The van der Waals surface area contributed by atoms with Crippen molar-refractivity contribution in [2.75, 3.05) is 0 Å². The molecule has 11 rings (SSSR count). The average molecular weight is 678 g/mol. The minimum Gasteiger partial charge on any atom is -0.456 e. The zero-order valence-corrected chi connectivity index (χ0v) is 28.8. The molecule has 0 radical (unpaired) electrons. The van der Waals surface area contributed by atoms with Crippen molar-refractivity contribution in [2.24, 2.45) is 0 Å². The number of allylic oxidation sites excluding steroid dienone is 1. The Hall–Kier alpha value is -6.91. The summed E-state index contributed by atoms with van der Waals surface area (Å²) >= 11 is 0. The van der Waals surface area contributed by atoms with E-state index in [4.69, 9.17) is 19.4 Å². The molecule has 0 atom stereocenters. The lowest BCUT2D eigenvalue weighted by molar-refractivity contribution is 0.669. The molecule has 1 aliphatic rings. The molecule has 0 fully saturated rings. The van der Waals surface area contributed by atoms with Crippen LogP contribution in [0, 0.1) is 0 Å². The maximum atomic E-state index is 6.23. The molecule has 2 aromatic heterocycles. The molecule has 0 N–H and O–H groups in total. The molecule has 4 nitrogen and oxygen atoms in total. The molecule has 0 saturated heterocycles. The van der Waals surface area contributed by atoms with Gasteiger partial charge in [-0.3, -0.25) is 0 Å². The molecule has 1 aliphatic carbocycles. The third-order valence-corrected chi connectivity index (χ3v) is 10.7. The zero-order valence-electron chi connectivity index (χ0n) is 28.8. The number of para-hydroxylation sites is 1. The normalized spacial score (nSPS) is 12.7. The predicted octanol–water partition coefficient (Wildman–Crippen LogP) is 12.9. The highest BCUT2D eigenvalue weighted by Gasteiger charge is 2.19. The van der Waals surface area contributed by atoms with E-state index in [2.05, 4.69) is 146 Å². The van der Waals surface area contributed by atoms with Crippen molar-refractivity contribution in [2.45, 2.75) is 12.8 Å². The van der Waals surface area contributed by atoms with Crippen LogP contribution in [0.1, 0.15) is 17.5 Å².